The van der Waals surface area contributed by atoms with Gasteiger partial charge < -0.3 is 39.6 Å². The number of sulfone groups is 1. The van der Waals surface area contributed by atoms with Crippen LogP contribution < -0.4 is 30.2 Å². The molecule has 22 heteroatoms. The summed E-state index contributed by atoms with van der Waals surface area (Å²) in [6.45, 7) is 8.54. The Kier molecular flexibility index (Phi) is 17.5. The van der Waals surface area contributed by atoms with Crippen LogP contribution in [0.1, 0.15) is 58.2 Å². The van der Waals surface area contributed by atoms with E-state index in [-0.39, 0.29) is 47.8 Å². The number of aromatic nitrogens is 4. The third-order valence-electron chi connectivity index (χ3n) is 10.6. The van der Waals surface area contributed by atoms with E-state index in [1.54, 1.807) is 139 Å². The Hall–Kier alpha value is -7.56. The number of ether oxygens (including phenoxy) is 5. The van der Waals surface area contributed by atoms with Crippen LogP contribution in [0.3, 0.4) is 0 Å². The van der Waals surface area contributed by atoms with Crippen LogP contribution in [0.2, 0.25) is 0 Å². The van der Waals surface area contributed by atoms with E-state index in [1.165, 1.54) is 32.2 Å². The number of methoxy groups -OCH3 is 3. The molecular formula is C51H60N8O12S2. The number of nitrogens with one attached hydrogen (secondary N) is 3. The molecule has 5 aromatic carbocycles. The minimum atomic E-state index is -5.04. The summed E-state index contributed by atoms with van der Waals surface area (Å²) in [6.07, 6.45) is -1.71. The highest BCUT2D eigenvalue weighted by Gasteiger charge is 2.38. The van der Waals surface area contributed by atoms with Crippen LogP contribution in [-0.2, 0) is 53.8 Å². The minimum absolute atomic E-state index is 0.0566. The van der Waals surface area contributed by atoms with Crippen LogP contribution in [0, 0.1) is 0 Å². The fourth-order valence-corrected chi connectivity index (χ4v) is 10.9. The molecule has 0 saturated carbocycles. The number of alkyl carbamates (subject to hydrolysis) is 2. The van der Waals surface area contributed by atoms with Crippen LogP contribution in [0.5, 0.6) is 17.2 Å². The lowest BCUT2D eigenvalue weighted by Crippen LogP contribution is -2.37. The molecule has 6 aromatic rings. The number of amides is 3. The summed E-state index contributed by atoms with van der Waals surface area (Å²) >= 11 is 0. The molecule has 0 aliphatic carbocycles. The molecule has 6 rings (SSSR count). The number of anilines is 1. The summed E-state index contributed by atoms with van der Waals surface area (Å²) in [6, 6.07) is 29.5. The van der Waals surface area contributed by atoms with Gasteiger partial charge in [-0.15, -0.1) is 10.2 Å². The molecule has 0 radical (unpaired) electrons. The lowest BCUT2D eigenvalue weighted by atomic mass is 9.97. The Morgan fingerprint density at radius 3 is 1.66 bits per heavy atom. The number of hydrogen-bond acceptors (Lipinski definition) is 15. The molecule has 0 aliphatic rings. The molecule has 0 fully saturated rings. The fraction of sp³-hybridized carbons (Fsp3) is 0.333. The van der Waals surface area contributed by atoms with Gasteiger partial charge in [-0.2, -0.15) is 9.10 Å². The zero-order valence-corrected chi connectivity index (χ0v) is 43.7. The SMILES string of the molecule is COc1ccc(CN(Cc2ccc(OC)cc2)S(=O)(=O)c2c(S(=O)(=O)CCNC(=O)OC(C)(C)C)ccc(-c3ccccc3NC(=O)CNC(=O)OC(C)(C)C)c2-c2nnn(Cc3ccc(OC)cc3)n2)cc1. The van der Waals surface area contributed by atoms with Gasteiger partial charge in [0.1, 0.15) is 39.9 Å². The Morgan fingerprint density at radius 1 is 0.630 bits per heavy atom. The predicted octanol–water partition coefficient (Wildman–Crippen LogP) is 7.23. The van der Waals surface area contributed by atoms with E-state index >= 15 is 8.42 Å². The van der Waals surface area contributed by atoms with E-state index in [1.807, 2.05) is 0 Å². The quantitative estimate of drug-likeness (QED) is 0.0682. The maximum absolute atomic E-state index is 16.1. The summed E-state index contributed by atoms with van der Waals surface area (Å²) < 4.78 is 90.0. The molecule has 0 aliphatic heterocycles. The van der Waals surface area contributed by atoms with E-state index in [0.29, 0.717) is 28.4 Å². The van der Waals surface area contributed by atoms with Crippen molar-refractivity contribution in [2.45, 2.75) is 82.2 Å². The molecule has 1 heterocycles. The first-order valence-corrected chi connectivity index (χ1v) is 26.0. The molecule has 0 unspecified atom stereocenters. The Morgan fingerprint density at radius 2 is 1.14 bits per heavy atom. The monoisotopic (exact) mass is 1040 g/mol. The molecular weight excluding hydrogens is 981 g/mol. The normalized spacial score (nSPS) is 11.9. The molecule has 3 amide bonds. The van der Waals surface area contributed by atoms with Gasteiger partial charge in [0.2, 0.25) is 21.8 Å². The number of rotatable bonds is 20. The Bertz CT molecular complexity index is 3070. The van der Waals surface area contributed by atoms with Crippen molar-refractivity contribution in [3.63, 3.8) is 0 Å². The largest absolute Gasteiger partial charge is 0.497 e. The topological polar surface area (TPSA) is 249 Å². The highest BCUT2D eigenvalue weighted by atomic mass is 32.2. The van der Waals surface area contributed by atoms with E-state index < -0.39 is 77.8 Å². The average Bonchev–Trinajstić information content (AvgIpc) is 3.80. The third kappa shape index (κ3) is 15.0. The third-order valence-corrected chi connectivity index (χ3v) is 14.3. The molecule has 0 saturated heterocycles. The maximum Gasteiger partial charge on any atom is 0.408 e. The molecule has 0 atom stereocenters. The lowest BCUT2D eigenvalue weighted by Gasteiger charge is -2.26. The van der Waals surface area contributed by atoms with Crippen molar-refractivity contribution < 1.29 is 54.9 Å². The van der Waals surface area contributed by atoms with Crippen LogP contribution in [0.25, 0.3) is 22.5 Å². The van der Waals surface area contributed by atoms with Crippen LogP contribution in [0.4, 0.5) is 15.3 Å². The van der Waals surface area contributed by atoms with Crippen molar-refractivity contribution >= 4 is 43.6 Å². The molecule has 1 aromatic heterocycles. The van der Waals surface area contributed by atoms with Crippen molar-refractivity contribution in [1.82, 2.24) is 35.1 Å². The number of benzene rings is 5. The molecule has 3 N–H and O–H groups in total. The van der Waals surface area contributed by atoms with Crippen molar-refractivity contribution in [3.05, 3.63) is 126 Å². The molecule has 0 bridgehead atoms. The van der Waals surface area contributed by atoms with Crippen molar-refractivity contribution in [2.75, 3.05) is 45.5 Å². The zero-order chi connectivity index (χ0) is 53.1. The average molecular weight is 1040 g/mol. The van der Waals surface area contributed by atoms with E-state index in [2.05, 4.69) is 26.3 Å². The van der Waals surface area contributed by atoms with Gasteiger partial charge in [-0.25, -0.2) is 26.4 Å². The van der Waals surface area contributed by atoms with Gasteiger partial charge in [0.15, 0.2) is 9.84 Å². The van der Waals surface area contributed by atoms with Crippen molar-refractivity contribution in [1.29, 1.82) is 0 Å². The molecule has 0 spiro atoms. The van der Waals surface area contributed by atoms with Crippen LogP contribution in [-0.4, -0.2) is 111 Å². The van der Waals surface area contributed by atoms with Gasteiger partial charge in [0.25, 0.3) is 0 Å². The second-order valence-corrected chi connectivity index (χ2v) is 22.4. The maximum atomic E-state index is 16.1. The van der Waals surface area contributed by atoms with Gasteiger partial charge in [-0.3, -0.25) is 4.79 Å². The van der Waals surface area contributed by atoms with Gasteiger partial charge in [0, 0.05) is 30.9 Å². The number of para-hydroxylation sites is 1. The first-order chi connectivity index (χ1) is 34.5. The highest BCUT2D eigenvalue weighted by molar-refractivity contribution is 7.93. The predicted molar refractivity (Wildman–Crippen MR) is 272 cm³/mol. The first-order valence-electron chi connectivity index (χ1n) is 22.9. The van der Waals surface area contributed by atoms with Gasteiger partial charge >= 0.3 is 12.2 Å². The fourth-order valence-electron chi connectivity index (χ4n) is 7.24. The van der Waals surface area contributed by atoms with Gasteiger partial charge in [-0.1, -0.05) is 60.7 Å². The first kappa shape index (κ1) is 54.8. The number of sulfonamides is 1. The molecule has 73 heavy (non-hydrogen) atoms. The van der Waals surface area contributed by atoms with Gasteiger partial charge in [0.05, 0.1) is 44.1 Å². The summed E-state index contributed by atoms with van der Waals surface area (Å²) in [5.74, 6) is -0.0706. The second kappa shape index (κ2) is 23.3. The van der Waals surface area contributed by atoms with Crippen LogP contribution >= 0.6 is 0 Å². The van der Waals surface area contributed by atoms with Crippen molar-refractivity contribution in [3.8, 4) is 39.8 Å². The van der Waals surface area contributed by atoms with E-state index in [4.69, 9.17) is 28.8 Å². The number of tetrazole rings is 1. The number of carbonyl (C=O) groups excluding carboxylic acids is 3. The number of carbonyl (C=O) groups is 3. The van der Waals surface area contributed by atoms with Gasteiger partial charge in [-0.05, 0) is 118 Å². The number of nitrogens with zero attached hydrogens (tertiary/aromatic N) is 5. The molecule has 20 nitrogen and oxygen atoms in total. The summed E-state index contributed by atoms with van der Waals surface area (Å²) in [5, 5.41) is 21.1. The van der Waals surface area contributed by atoms with E-state index in [9.17, 15) is 22.8 Å². The smallest absolute Gasteiger partial charge is 0.408 e. The summed E-state index contributed by atoms with van der Waals surface area (Å²) in [4.78, 5) is 38.6. The summed E-state index contributed by atoms with van der Waals surface area (Å²) in [5.41, 5.74) is 0.232. The molecule has 388 valence electrons. The Labute approximate surface area is 425 Å². The lowest BCUT2D eigenvalue weighted by molar-refractivity contribution is -0.115. The summed E-state index contributed by atoms with van der Waals surface area (Å²) in [7, 11) is -5.18. The minimum Gasteiger partial charge on any atom is -0.497 e. The standard InChI is InChI=1S/C51H60N8O12S2/c1-50(2,3)70-48(61)52-28-29-72(63,64)43-27-26-41(40-12-10-11-13-42(40)54-44(60)30-53-49(62)71-51(4,5)6)45(47-55-57-59(56-47)33-36-18-24-39(69-9)25-19-36)46(43)73(65,66)58(31-34-14-20-37(67-7)21-15-34)32-35-16-22-38(68-8)23-17-35/h10-27H,28-33H2,1-9H3,(H,52,61)(H,53,62)(H,54,60). The van der Waals surface area contributed by atoms with E-state index in [0.717, 1.165) is 15.9 Å². The van der Waals surface area contributed by atoms with Crippen molar-refractivity contribution in [2.24, 2.45) is 0 Å². The van der Waals surface area contributed by atoms with Crippen LogP contribution in [0.15, 0.2) is 119 Å². The number of hydrogen-bond donors (Lipinski definition) is 3. The zero-order valence-electron chi connectivity index (χ0n) is 42.1. The Balaban J connectivity index is 1.60. The highest BCUT2D eigenvalue weighted by Crippen LogP contribution is 2.43. The second-order valence-electron chi connectivity index (χ2n) is 18.5.